The van der Waals surface area contributed by atoms with Gasteiger partial charge in [-0.1, -0.05) is 6.07 Å². The summed E-state index contributed by atoms with van der Waals surface area (Å²) in [6, 6.07) is 5.53. The molecule has 0 unspecified atom stereocenters. The SMILES string of the molecule is CCOC(=O)c1nnn(Cc2ccccn2)n1. The molecule has 2 heterocycles. The van der Waals surface area contributed by atoms with Crippen LogP contribution in [0.5, 0.6) is 0 Å². The lowest BCUT2D eigenvalue weighted by atomic mass is 10.4. The molecule has 0 aliphatic rings. The Balaban J connectivity index is 2.06. The number of nitrogens with zero attached hydrogens (tertiary/aromatic N) is 5. The molecule has 0 atom stereocenters. The zero-order valence-electron chi connectivity index (χ0n) is 9.28. The molecule has 0 bridgehead atoms. The minimum atomic E-state index is -0.570. The number of aromatic nitrogens is 5. The van der Waals surface area contributed by atoms with E-state index in [9.17, 15) is 4.79 Å². The smallest absolute Gasteiger partial charge is 0.380 e. The van der Waals surface area contributed by atoms with Crippen LogP contribution in [0.2, 0.25) is 0 Å². The second-order valence-electron chi connectivity index (χ2n) is 3.18. The number of hydrogen-bond acceptors (Lipinski definition) is 6. The van der Waals surface area contributed by atoms with Crippen LogP contribution in [0.3, 0.4) is 0 Å². The van der Waals surface area contributed by atoms with Crippen molar-refractivity contribution >= 4 is 5.97 Å². The molecule has 88 valence electrons. The lowest BCUT2D eigenvalue weighted by molar-refractivity contribution is 0.0511. The maximum absolute atomic E-state index is 11.3. The van der Waals surface area contributed by atoms with Crippen LogP contribution in [0.4, 0.5) is 0 Å². The molecule has 0 N–H and O–H groups in total. The predicted molar refractivity (Wildman–Crippen MR) is 57.1 cm³/mol. The van der Waals surface area contributed by atoms with Crippen molar-refractivity contribution in [1.82, 2.24) is 25.2 Å². The van der Waals surface area contributed by atoms with Gasteiger partial charge < -0.3 is 4.74 Å². The molecule has 0 aliphatic heterocycles. The zero-order chi connectivity index (χ0) is 12.1. The van der Waals surface area contributed by atoms with Crippen molar-refractivity contribution in [2.24, 2.45) is 0 Å². The molecule has 2 aromatic rings. The lowest BCUT2D eigenvalue weighted by Gasteiger charge is -1.97. The molecule has 7 heteroatoms. The van der Waals surface area contributed by atoms with Crippen molar-refractivity contribution in [3.05, 3.63) is 35.9 Å². The summed E-state index contributed by atoms with van der Waals surface area (Å²) < 4.78 is 4.76. The molecule has 2 aromatic heterocycles. The molecule has 0 saturated heterocycles. The van der Waals surface area contributed by atoms with Gasteiger partial charge >= 0.3 is 5.97 Å². The highest BCUT2D eigenvalue weighted by Crippen LogP contribution is 1.97. The summed E-state index contributed by atoms with van der Waals surface area (Å²) in [7, 11) is 0. The third-order valence-corrected chi connectivity index (χ3v) is 1.94. The molecular weight excluding hydrogens is 222 g/mol. The summed E-state index contributed by atoms with van der Waals surface area (Å²) in [5.74, 6) is -0.609. The highest BCUT2D eigenvalue weighted by Gasteiger charge is 2.13. The first kappa shape index (κ1) is 11.2. The monoisotopic (exact) mass is 233 g/mol. The highest BCUT2D eigenvalue weighted by atomic mass is 16.5. The van der Waals surface area contributed by atoms with Crippen LogP contribution in [-0.4, -0.2) is 37.8 Å². The Bertz CT molecular complexity index is 496. The van der Waals surface area contributed by atoms with Crippen molar-refractivity contribution in [3.63, 3.8) is 0 Å². The molecular formula is C10H11N5O2. The molecule has 0 aliphatic carbocycles. The molecule has 0 spiro atoms. The fraction of sp³-hybridized carbons (Fsp3) is 0.300. The van der Waals surface area contributed by atoms with Crippen molar-refractivity contribution < 1.29 is 9.53 Å². The Morgan fingerprint density at radius 2 is 2.35 bits per heavy atom. The first-order valence-electron chi connectivity index (χ1n) is 5.14. The van der Waals surface area contributed by atoms with E-state index in [1.807, 2.05) is 18.2 Å². The van der Waals surface area contributed by atoms with E-state index in [4.69, 9.17) is 4.74 Å². The maximum Gasteiger partial charge on any atom is 0.380 e. The van der Waals surface area contributed by atoms with E-state index in [1.54, 1.807) is 13.1 Å². The molecule has 7 nitrogen and oxygen atoms in total. The van der Waals surface area contributed by atoms with Gasteiger partial charge in [0.1, 0.15) is 6.54 Å². The molecule has 0 radical (unpaired) electrons. The topological polar surface area (TPSA) is 82.8 Å². The largest absolute Gasteiger partial charge is 0.460 e. The van der Waals surface area contributed by atoms with Gasteiger partial charge in [-0.3, -0.25) is 4.98 Å². The first-order valence-corrected chi connectivity index (χ1v) is 5.14. The first-order chi connectivity index (χ1) is 8.29. The molecule has 17 heavy (non-hydrogen) atoms. The van der Waals surface area contributed by atoms with Gasteiger partial charge in [0.2, 0.25) is 0 Å². The fourth-order valence-corrected chi connectivity index (χ4v) is 1.22. The predicted octanol–water partition coefficient (Wildman–Crippen LogP) is 0.293. The number of rotatable bonds is 4. The van der Waals surface area contributed by atoms with E-state index < -0.39 is 5.97 Å². The van der Waals surface area contributed by atoms with Gasteiger partial charge in [0.05, 0.1) is 12.3 Å². The Morgan fingerprint density at radius 1 is 1.47 bits per heavy atom. The third-order valence-electron chi connectivity index (χ3n) is 1.94. The van der Waals surface area contributed by atoms with Crippen LogP contribution in [0.25, 0.3) is 0 Å². The van der Waals surface area contributed by atoms with E-state index in [1.165, 1.54) is 4.80 Å². The van der Waals surface area contributed by atoms with Crippen LogP contribution in [-0.2, 0) is 11.3 Å². The van der Waals surface area contributed by atoms with Crippen molar-refractivity contribution in [2.45, 2.75) is 13.5 Å². The average molecular weight is 233 g/mol. The van der Waals surface area contributed by atoms with Gasteiger partial charge in [-0.2, -0.15) is 4.80 Å². The van der Waals surface area contributed by atoms with E-state index in [-0.39, 0.29) is 12.4 Å². The van der Waals surface area contributed by atoms with E-state index in [0.29, 0.717) is 6.54 Å². The maximum atomic E-state index is 11.3. The van der Waals surface area contributed by atoms with Crippen LogP contribution < -0.4 is 0 Å². The number of pyridine rings is 1. The number of carbonyl (C=O) groups is 1. The number of tetrazole rings is 1. The Hall–Kier alpha value is -2.31. The minimum absolute atomic E-state index is 0.0391. The van der Waals surface area contributed by atoms with E-state index in [0.717, 1.165) is 5.69 Å². The summed E-state index contributed by atoms with van der Waals surface area (Å²) in [5.41, 5.74) is 0.792. The second kappa shape index (κ2) is 5.15. The number of esters is 1. The molecule has 2 rings (SSSR count). The van der Waals surface area contributed by atoms with Crippen LogP contribution in [0, 0.1) is 0 Å². The van der Waals surface area contributed by atoms with Crippen molar-refractivity contribution in [1.29, 1.82) is 0 Å². The van der Waals surface area contributed by atoms with Crippen LogP contribution >= 0.6 is 0 Å². The summed E-state index contributed by atoms with van der Waals surface area (Å²) in [4.78, 5) is 16.7. The quantitative estimate of drug-likeness (QED) is 0.706. The summed E-state index contributed by atoms with van der Waals surface area (Å²) in [5, 5.41) is 11.3. The van der Waals surface area contributed by atoms with E-state index >= 15 is 0 Å². The number of ether oxygens (including phenoxy) is 1. The van der Waals surface area contributed by atoms with E-state index in [2.05, 4.69) is 20.4 Å². The Kier molecular flexibility index (Phi) is 3.39. The molecule has 0 fully saturated rings. The van der Waals surface area contributed by atoms with Gasteiger partial charge in [0.25, 0.3) is 5.82 Å². The normalized spacial score (nSPS) is 10.2. The fourth-order valence-electron chi connectivity index (χ4n) is 1.22. The van der Waals surface area contributed by atoms with Crippen molar-refractivity contribution in [2.75, 3.05) is 6.61 Å². The van der Waals surface area contributed by atoms with Crippen molar-refractivity contribution in [3.8, 4) is 0 Å². The lowest BCUT2D eigenvalue weighted by Crippen LogP contribution is -2.09. The van der Waals surface area contributed by atoms with Crippen LogP contribution in [0.1, 0.15) is 23.2 Å². The summed E-state index contributed by atoms with van der Waals surface area (Å²) in [6.45, 7) is 2.37. The second-order valence-corrected chi connectivity index (χ2v) is 3.18. The number of carbonyl (C=O) groups excluding carboxylic acids is 1. The van der Waals surface area contributed by atoms with Gasteiger partial charge in [0.15, 0.2) is 0 Å². The Morgan fingerprint density at radius 3 is 3.06 bits per heavy atom. The van der Waals surface area contributed by atoms with Gasteiger partial charge in [-0.05, 0) is 24.3 Å². The summed E-state index contributed by atoms with van der Waals surface area (Å²) >= 11 is 0. The number of hydrogen-bond donors (Lipinski definition) is 0. The summed E-state index contributed by atoms with van der Waals surface area (Å²) in [6.07, 6.45) is 1.68. The van der Waals surface area contributed by atoms with Crippen LogP contribution in [0.15, 0.2) is 24.4 Å². The van der Waals surface area contributed by atoms with Gasteiger partial charge in [0, 0.05) is 6.20 Å². The molecule has 0 amide bonds. The third kappa shape index (κ3) is 2.83. The highest BCUT2D eigenvalue weighted by molar-refractivity contribution is 5.84. The molecule has 0 saturated carbocycles. The Labute approximate surface area is 97.4 Å². The standard InChI is InChI=1S/C10H11N5O2/c1-2-17-10(16)9-12-14-15(13-9)7-8-5-3-4-6-11-8/h3-6H,2,7H2,1H3. The zero-order valence-corrected chi connectivity index (χ0v) is 9.28. The average Bonchev–Trinajstić information content (AvgIpc) is 2.79. The molecule has 0 aromatic carbocycles. The minimum Gasteiger partial charge on any atom is -0.460 e. The van der Waals surface area contributed by atoms with Gasteiger partial charge in [-0.15, -0.1) is 10.2 Å². The van der Waals surface area contributed by atoms with Gasteiger partial charge in [-0.25, -0.2) is 4.79 Å².